The van der Waals surface area contributed by atoms with Crippen LogP contribution in [0.25, 0.3) is 0 Å². The van der Waals surface area contributed by atoms with Crippen LogP contribution in [-0.2, 0) is 15.1 Å². The highest BCUT2D eigenvalue weighted by Crippen LogP contribution is 2.35. The van der Waals surface area contributed by atoms with Gasteiger partial charge in [0, 0.05) is 13.2 Å². The molecule has 0 unspecified atom stereocenters. The van der Waals surface area contributed by atoms with E-state index in [0.717, 1.165) is 18.4 Å². The number of methoxy groups -OCH3 is 1. The maximum absolute atomic E-state index is 12.4. The smallest absolute Gasteiger partial charge is 0.258 e. The van der Waals surface area contributed by atoms with Crippen molar-refractivity contribution in [1.29, 1.82) is 0 Å². The minimum absolute atomic E-state index is 0.0130. The number of carbonyl (C=O) groups excluding carboxylic acids is 1. The molecule has 1 fully saturated rings. The molecule has 0 spiro atoms. The summed E-state index contributed by atoms with van der Waals surface area (Å²) in [7, 11) is 1.55. The standard InChI is InChI=1S/C22H27NO5/c1-26-19-9-5-6-10-20(19)28-15-21(24)23-16-22(25,17-7-3-2-4-8-17)18-11-13-27-14-12-18/h2-10,18,25H,11-16H2,1H3,(H,23,24)/t22-/m1/s1. The predicted molar refractivity (Wildman–Crippen MR) is 105 cm³/mol. The Morgan fingerprint density at radius 2 is 1.75 bits per heavy atom. The van der Waals surface area contributed by atoms with E-state index in [1.54, 1.807) is 19.2 Å². The van der Waals surface area contributed by atoms with Crippen LogP contribution in [-0.4, -0.2) is 44.5 Å². The second kappa shape index (κ2) is 9.57. The molecule has 0 bridgehead atoms. The molecule has 6 nitrogen and oxygen atoms in total. The van der Waals surface area contributed by atoms with Crippen molar-refractivity contribution in [1.82, 2.24) is 5.32 Å². The molecule has 6 heteroatoms. The Morgan fingerprint density at radius 1 is 1.11 bits per heavy atom. The Balaban J connectivity index is 1.63. The third kappa shape index (κ3) is 4.82. The second-order valence-electron chi connectivity index (χ2n) is 6.89. The van der Waals surface area contributed by atoms with Gasteiger partial charge in [0.25, 0.3) is 5.91 Å². The van der Waals surface area contributed by atoms with Crippen molar-refractivity contribution in [2.75, 3.05) is 33.5 Å². The minimum Gasteiger partial charge on any atom is -0.493 e. The summed E-state index contributed by atoms with van der Waals surface area (Å²) in [4.78, 5) is 12.4. The van der Waals surface area contributed by atoms with E-state index in [-0.39, 0.29) is 25.0 Å². The van der Waals surface area contributed by atoms with E-state index < -0.39 is 5.60 Å². The first kappa shape index (κ1) is 20.2. The molecule has 1 heterocycles. The van der Waals surface area contributed by atoms with Crippen LogP contribution in [0.2, 0.25) is 0 Å². The first-order valence-electron chi connectivity index (χ1n) is 9.51. The molecule has 1 saturated heterocycles. The van der Waals surface area contributed by atoms with Crippen molar-refractivity contribution in [3.63, 3.8) is 0 Å². The fourth-order valence-corrected chi connectivity index (χ4v) is 3.55. The lowest BCUT2D eigenvalue weighted by Gasteiger charge is -2.39. The number of aliphatic hydroxyl groups is 1. The van der Waals surface area contributed by atoms with Crippen LogP contribution < -0.4 is 14.8 Å². The molecule has 150 valence electrons. The highest BCUT2D eigenvalue weighted by atomic mass is 16.5. The van der Waals surface area contributed by atoms with E-state index in [9.17, 15) is 9.90 Å². The fourth-order valence-electron chi connectivity index (χ4n) is 3.55. The van der Waals surface area contributed by atoms with Crippen LogP contribution in [0.3, 0.4) is 0 Å². The van der Waals surface area contributed by atoms with Crippen LogP contribution in [0.15, 0.2) is 54.6 Å². The highest BCUT2D eigenvalue weighted by molar-refractivity contribution is 5.77. The Hall–Kier alpha value is -2.57. The number of carbonyl (C=O) groups is 1. The zero-order valence-corrected chi connectivity index (χ0v) is 16.1. The second-order valence-corrected chi connectivity index (χ2v) is 6.89. The molecule has 1 amide bonds. The molecule has 2 aromatic rings. The number of rotatable bonds is 8. The largest absolute Gasteiger partial charge is 0.493 e. The molecule has 2 aromatic carbocycles. The molecule has 0 aromatic heterocycles. The van der Waals surface area contributed by atoms with Crippen molar-refractivity contribution in [2.24, 2.45) is 5.92 Å². The summed E-state index contributed by atoms with van der Waals surface area (Å²) in [5, 5.41) is 14.3. The Morgan fingerprint density at radius 3 is 2.43 bits per heavy atom. The quantitative estimate of drug-likeness (QED) is 0.730. The van der Waals surface area contributed by atoms with Gasteiger partial charge in [0.05, 0.1) is 13.7 Å². The highest BCUT2D eigenvalue weighted by Gasteiger charge is 2.39. The van der Waals surface area contributed by atoms with Crippen LogP contribution in [0, 0.1) is 5.92 Å². The van der Waals surface area contributed by atoms with Crippen LogP contribution in [0.1, 0.15) is 18.4 Å². The molecule has 0 aliphatic carbocycles. The maximum Gasteiger partial charge on any atom is 0.258 e. The van der Waals surface area contributed by atoms with E-state index >= 15 is 0 Å². The molecular weight excluding hydrogens is 358 g/mol. The average Bonchev–Trinajstić information content (AvgIpc) is 2.77. The Kier molecular flexibility index (Phi) is 6.90. The topological polar surface area (TPSA) is 77.0 Å². The summed E-state index contributed by atoms with van der Waals surface area (Å²) in [5.74, 6) is 0.785. The lowest BCUT2D eigenvalue weighted by molar-refractivity contribution is -0.126. The van der Waals surface area contributed by atoms with E-state index in [1.165, 1.54) is 0 Å². The molecular formula is C22H27NO5. The van der Waals surface area contributed by atoms with E-state index in [2.05, 4.69) is 5.32 Å². The molecule has 1 atom stereocenters. The number of nitrogens with one attached hydrogen (secondary N) is 1. The van der Waals surface area contributed by atoms with Gasteiger partial charge < -0.3 is 24.6 Å². The summed E-state index contributed by atoms with van der Waals surface area (Å²) >= 11 is 0. The van der Waals surface area contributed by atoms with Crippen LogP contribution >= 0.6 is 0 Å². The van der Waals surface area contributed by atoms with E-state index in [1.807, 2.05) is 42.5 Å². The zero-order valence-electron chi connectivity index (χ0n) is 16.1. The number of hydrogen-bond acceptors (Lipinski definition) is 5. The number of amides is 1. The molecule has 1 aliphatic heterocycles. The van der Waals surface area contributed by atoms with E-state index in [0.29, 0.717) is 24.7 Å². The van der Waals surface area contributed by atoms with Crippen molar-refractivity contribution >= 4 is 5.91 Å². The molecule has 0 radical (unpaired) electrons. The van der Waals surface area contributed by atoms with Gasteiger partial charge in [-0.1, -0.05) is 42.5 Å². The van der Waals surface area contributed by atoms with Gasteiger partial charge in [0.1, 0.15) is 5.60 Å². The minimum atomic E-state index is -1.15. The van der Waals surface area contributed by atoms with Crippen molar-refractivity contribution in [3.05, 3.63) is 60.2 Å². The maximum atomic E-state index is 12.4. The monoisotopic (exact) mass is 385 g/mol. The first-order valence-corrected chi connectivity index (χ1v) is 9.51. The normalized spacial score (nSPS) is 16.8. The van der Waals surface area contributed by atoms with Gasteiger partial charge in [-0.25, -0.2) is 0 Å². The van der Waals surface area contributed by atoms with E-state index in [4.69, 9.17) is 14.2 Å². The zero-order chi connectivity index (χ0) is 19.8. The van der Waals surface area contributed by atoms with Gasteiger partial charge in [-0.2, -0.15) is 0 Å². The molecule has 0 saturated carbocycles. The van der Waals surface area contributed by atoms with Gasteiger partial charge in [-0.15, -0.1) is 0 Å². The van der Waals surface area contributed by atoms with Crippen molar-refractivity contribution in [2.45, 2.75) is 18.4 Å². The van der Waals surface area contributed by atoms with Crippen LogP contribution in [0.4, 0.5) is 0 Å². The Bertz CT molecular complexity index is 761. The number of benzene rings is 2. The van der Waals surface area contributed by atoms with Gasteiger partial charge >= 0.3 is 0 Å². The summed E-state index contributed by atoms with van der Waals surface area (Å²) in [6.45, 7) is 1.20. The van der Waals surface area contributed by atoms with Crippen LogP contribution in [0.5, 0.6) is 11.5 Å². The van der Waals surface area contributed by atoms with Crippen molar-refractivity contribution in [3.8, 4) is 11.5 Å². The third-order valence-electron chi connectivity index (χ3n) is 5.15. The van der Waals surface area contributed by atoms with Gasteiger partial charge in [0.2, 0.25) is 0 Å². The lowest BCUT2D eigenvalue weighted by atomic mass is 9.77. The fraction of sp³-hybridized carbons (Fsp3) is 0.409. The number of hydrogen-bond donors (Lipinski definition) is 2. The SMILES string of the molecule is COc1ccccc1OCC(=O)NC[C@@](O)(c1ccccc1)C1CCOCC1. The Labute approximate surface area is 165 Å². The van der Waals surface area contributed by atoms with Gasteiger partial charge in [-0.05, 0) is 36.5 Å². The number of ether oxygens (including phenoxy) is 3. The molecule has 1 aliphatic rings. The van der Waals surface area contributed by atoms with Gasteiger partial charge in [0.15, 0.2) is 18.1 Å². The average molecular weight is 385 g/mol. The van der Waals surface area contributed by atoms with Crippen molar-refractivity contribution < 1.29 is 24.1 Å². The van der Waals surface area contributed by atoms with Gasteiger partial charge in [-0.3, -0.25) is 4.79 Å². The molecule has 3 rings (SSSR count). The summed E-state index contributed by atoms with van der Waals surface area (Å²) in [5.41, 5.74) is -0.349. The summed E-state index contributed by atoms with van der Waals surface area (Å²) in [6.07, 6.45) is 1.50. The molecule has 28 heavy (non-hydrogen) atoms. The molecule has 2 N–H and O–H groups in total. The predicted octanol–water partition coefficient (Wildman–Crippen LogP) is 2.50. The summed E-state index contributed by atoms with van der Waals surface area (Å²) < 4.78 is 16.2. The first-order chi connectivity index (χ1) is 13.6. The number of para-hydroxylation sites is 2. The lowest BCUT2D eigenvalue weighted by Crippen LogP contribution is -2.48. The third-order valence-corrected chi connectivity index (χ3v) is 5.15. The summed E-state index contributed by atoms with van der Waals surface area (Å²) in [6, 6.07) is 16.7.